The molecule has 6 heteroatoms. The van der Waals surface area contributed by atoms with Crippen LogP contribution in [0.5, 0.6) is 0 Å². The lowest BCUT2D eigenvalue weighted by Crippen LogP contribution is -2.13. The number of hydrogen-bond donors (Lipinski definition) is 1. The number of rotatable bonds is 5. The molecule has 0 spiro atoms. The lowest BCUT2D eigenvalue weighted by Gasteiger charge is -2.11. The number of aryl methyl sites for hydroxylation is 2. The highest BCUT2D eigenvalue weighted by Gasteiger charge is 2.12. The van der Waals surface area contributed by atoms with E-state index in [1.54, 1.807) is 30.5 Å². The van der Waals surface area contributed by atoms with Gasteiger partial charge in [0.05, 0.1) is 5.52 Å². The number of primary amides is 1. The molecule has 0 bridgehead atoms. The van der Waals surface area contributed by atoms with Crippen LogP contribution in [0.1, 0.15) is 27.3 Å². The van der Waals surface area contributed by atoms with E-state index >= 15 is 0 Å². The topological polar surface area (TPSA) is 92.7 Å². The quantitative estimate of drug-likeness (QED) is 0.547. The third-order valence-corrected chi connectivity index (χ3v) is 4.92. The second kappa shape index (κ2) is 8.10. The first-order valence-electron chi connectivity index (χ1n) is 9.38. The van der Waals surface area contributed by atoms with Crippen LogP contribution in [0.3, 0.4) is 0 Å². The Morgan fingerprint density at radius 1 is 1.00 bits per heavy atom. The number of pyridine rings is 2. The summed E-state index contributed by atoms with van der Waals surface area (Å²) in [6, 6.07) is 19.2. The first kappa shape index (κ1) is 19.2. The summed E-state index contributed by atoms with van der Waals surface area (Å²) in [5.74, 6) is -0.943. The van der Waals surface area contributed by atoms with E-state index in [-0.39, 0.29) is 11.5 Å². The highest BCUT2D eigenvalue weighted by Crippen LogP contribution is 2.30. The number of carbonyl (C=O) groups is 1. The number of hydrogen-bond acceptors (Lipinski definition) is 4. The van der Waals surface area contributed by atoms with E-state index in [1.807, 2.05) is 30.3 Å². The summed E-state index contributed by atoms with van der Waals surface area (Å²) in [6.45, 7) is 0. The van der Waals surface area contributed by atoms with E-state index in [4.69, 9.17) is 11.0 Å². The molecular weight excluding hydrogens is 379 g/mol. The van der Waals surface area contributed by atoms with Gasteiger partial charge in [-0.3, -0.25) is 4.79 Å². The Bertz CT molecular complexity index is 1280. The lowest BCUT2D eigenvalue weighted by atomic mass is 9.97. The van der Waals surface area contributed by atoms with Crippen LogP contribution in [0.25, 0.3) is 22.0 Å². The van der Waals surface area contributed by atoms with Gasteiger partial charge in [0, 0.05) is 11.6 Å². The Morgan fingerprint density at radius 3 is 2.40 bits per heavy atom. The van der Waals surface area contributed by atoms with Crippen LogP contribution in [0, 0.1) is 17.1 Å². The van der Waals surface area contributed by atoms with Crippen molar-refractivity contribution in [2.24, 2.45) is 5.73 Å². The summed E-state index contributed by atoms with van der Waals surface area (Å²) < 4.78 is 13.3. The van der Waals surface area contributed by atoms with Crippen molar-refractivity contribution in [2.75, 3.05) is 0 Å². The average molecular weight is 396 g/mol. The Kier molecular flexibility index (Phi) is 5.19. The molecule has 2 aromatic carbocycles. The molecule has 2 aromatic heterocycles. The van der Waals surface area contributed by atoms with E-state index in [0.29, 0.717) is 11.2 Å². The lowest BCUT2D eigenvalue weighted by molar-refractivity contribution is 0.0996. The number of fused-ring (bicyclic) bond motifs is 1. The zero-order chi connectivity index (χ0) is 21.1. The summed E-state index contributed by atoms with van der Waals surface area (Å²) in [6.07, 6.45) is 3.21. The molecule has 5 nitrogen and oxygen atoms in total. The standard InChI is InChI=1S/C24H17FN4O/c25-18-7-5-17(6-8-18)21-12-23(24(27)30)29-22-11-15(4-10-20(21)22)1-2-16-3-9-19(13-26)28-14-16/h3-12,14H,1-2H2,(H2,27,30). The average Bonchev–Trinajstić information content (AvgIpc) is 2.77. The summed E-state index contributed by atoms with van der Waals surface area (Å²) in [5, 5.41) is 9.70. The van der Waals surface area contributed by atoms with Crippen LogP contribution in [-0.2, 0) is 12.8 Å². The number of nitrogens with zero attached hydrogens (tertiary/aromatic N) is 3. The van der Waals surface area contributed by atoms with E-state index in [2.05, 4.69) is 9.97 Å². The molecule has 0 aliphatic heterocycles. The second-order valence-electron chi connectivity index (χ2n) is 6.94. The number of nitriles is 1. The predicted octanol–water partition coefficient (Wildman–Crippen LogP) is 4.19. The Hall–Kier alpha value is -4.11. The molecule has 4 aromatic rings. The first-order chi connectivity index (χ1) is 14.5. The third kappa shape index (κ3) is 4.01. The van der Waals surface area contributed by atoms with E-state index < -0.39 is 5.91 Å². The Balaban J connectivity index is 1.69. The van der Waals surface area contributed by atoms with Gasteiger partial charge in [0.15, 0.2) is 0 Å². The van der Waals surface area contributed by atoms with Gasteiger partial charge < -0.3 is 5.73 Å². The molecule has 0 saturated heterocycles. The second-order valence-corrected chi connectivity index (χ2v) is 6.94. The van der Waals surface area contributed by atoms with Gasteiger partial charge in [-0.05, 0) is 65.4 Å². The minimum absolute atomic E-state index is 0.162. The maximum atomic E-state index is 13.3. The maximum absolute atomic E-state index is 13.3. The van der Waals surface area contributed by atoms with Crippen molar-refractivity contribution < 1.29 is 9.18 Å². The molecule has 0 fully saturated rings. The zero-order valence-corrected chi connectivity index (χ0v) is 16.0. The van der Waals surface area contributed by atoms with Crippen molar-refractivity contribution in [3.8, 4) is 17.2 Å². The molecule has 146 valence electrons. The molecule has 1 amide bonds. The molecule has 4 rings (SSSR count). The van der Waals surface area contributed by atoms with E-state index in [0.717, 1.165) is 40.5 Å². The maximum Gasteiger partial charge on any atom is 0.267 e. The molecule has 2 N–H and O–H groups in total. The monoisotopic (exact) mass is 396 g/mol. The molecule has 0 atom stereocenters. The number of aromatic nitrogens is 2. The van der Waals surface area contributed by atoms with Gasteiger partial charge in [-0.1, -0.05) is 30.3 Å². The van der Waals surface area contributed by atoms with Crippen molar-refractivity contribution in [3.05, 3.63) is 95.2 Å². The van der Waals surface area contributed by atoms with Crippen LogP contribution in [0.2, 0.25) is 0 Å². The van der Waals surface area contributed by atoms with Crippen molar-refractivity contribution in [2.45, 2.75) is 12.8 Å². The van der Waals surface area contributed by atoms with Gasteiger partial charge >= 0.3 is 0 Å². The van der Waals surface area contributed by atoms with Crippen molar-refractivity contribution in [3.63, 3.8) is 0 Å². The number of halogens is 1. The van der Waals surface area contributed by atoms with Gasteiger partial charge in [0.1, 0.15) is 23.3 Å². The minimum Gasteiger partial charge on any atom is -0.364 e. The molecule has 2 heterocycles. The highest BCUT2D eigenvalue weighted by molar-refractivity contribution is 6.00. The fourth-order valence-electron chi connectivity index (χ4n) is 3.35. The molecule has 30 heavy (non-hydrogen) atoms. The number of nitrogens with two attached hydrogens (primary N) is 1. The highest BCUT2D eigenvalue weighted by atomic mass is 19.1. The minimum atomic E-state index is -0.616. The Morgan fingerprint density at radius 2 is 1.73 bits per heavy atom. The number of benzene rings is 2. The van der Waals surface area contributed by atoms with Crippen LogP contribution in [-0.4, -0.2) is 15.9 Å². The molecular formula is C24H17FN4O. The fourth-order valence-corrected chi connectivity index (χ4v) is 3.35. The van der Waals surface area contributed by atoms with Crippen LogP contribution >= 0.6 is 0 Å². The van der Waals surface area contributed by atoms with Crippen molar-refractivity contribution >= 4 is 16.8 Å². The third-order valence-electron chi connectivity index (χ3n) is 4.92. The van der Waals surface area contributed by atoms with E-state index in [9.17, 15) is 9.18 Å². The van der Waals surface area contributed by atoms with Crippen molar-refractivity contribution in [1.82, 2.24) is 9.97 Å². The van der Waals surface area contributed by atoms with Gasteiger partial charge in [0.25, 0.3) is 5.91 Å². The molecule has 0 aliphatic carbocycles. The fraction of sp³-hybridized carbons (Fsp3) is 0.0833. The molecule has 0 unspecified atom stereocenters. The van der Waals surface area contributed by atoms with Crippen molar-refractivity contribution in [1.29, 1.82) is 5.26 Å². The number of amides is 1. The Labute approximate surface area is 172 Å². The largest absolute Gasteiger partial charge is 0.364 e. The van der Waals surface area contributed by atoms with Gasteiger partial charge in [-0.15, -0.1) is 0 Å². The normalized spacial score (nSPS) is 10.7. The molecule has 0 saturated carbocycles. The van der Waals surface area contributed by atoms with Gasteiger partial charge in [0.2, 0.25) is 0 Å². The van der Waals surface area contributed by atoms with Crippen LogP contribution in [0.15, 0.2) is 66.9 Å². The van der Waals surface area contributed by atoms with Crippen LogP contribution < -0.4 is 5.73 Å². The zero-order valence-electron chi connectivity index (χ0n) is 16.0. The van der Waals surface area contributed by atoms with E-state index in [1.165, 1.54) is 12.1 Å². The summed E-state index contributed by atoms with van der Waals surface area (Å²) in [5.41, 5.74) is 10.3. The smallest absolute Gasteiger partial charge is 0.267 e. The summed E-state index contributed by atoms with van der Waals surface area (Å²) in [4.78, 5) is 20.3. The molecule has 0 aliphatic rings. The van der Waals surface area contributed by atoms with Crippen LogP contribution in [0.4, 0.5) is 4.39 Å². The summed E-state index contributed by atoms with van der Waals surface area (Å²) >= 11 is 0. The predicted molar refractivity (Wildman–Crippen MR) is 112 cm³/mol. The SMILES string of the molecule is N#Cc1ccc(CCc2ccc3c(-c4ccc(F)cc4)cc(C(N)=O)nc3c2)cn1. The first-order valence-corrected chi connectivity index (χ1v) is 9.38. The van der Waals surface area contributed by atoms with Gasteiger partial charge in [-0.2, -0.15) is 5.26 Å². The summed E-state index contributed by atoms with van der Waals surface area (Å²) in [7, 11) is 0. The molecule has 0 radical (unpaired) electrons. The number of carbonyl (C=O) groups excluding carboxylic acids is 1. The van der Waals surface area contributed by atoms with Gasteiger partial charge in [-0.25, -0.2) is 14.4 Å².